The van der Waals surface area contributed by atoms with Crippen molar-refractivity contribution in [2.75, 3.05) is 17.4 Å². The molecule has 3 amide bonds. The minimum absolute atomic E-state index is 0.0674. The molecule has 1 aliphatic rings. The van der Waals surface area contributed by atoms with Gasteiger partial charge in [0.15, 0.2) is 11.5 Å². The minimum atomic E-state index is -0.608. The Bertz CT molecular complexity index is 1740. The van der Waals surface area contributed by atoms with Crippen molar-refractivity contribution in [2.24, 2.45) is 0 Å². The van der Waals surface area contributed by atoms with Crippen molar-refractivity contribution in [2.45, 2.75) is 17.1 Å². The van der Waals surface area contributed by atoms with E-state index in [0.717, 1.165) is 4.90 Å². The fraction of sp³-hybridized carbons (Fsp3) is 0.0938. The molecule has 0 saturated carbocycles. The number of nitro benzene ring substituents is 1. The van der Waals surface area contributed by atoms with Crippen LogP contribution in [0.2, 0.25) is 0 Å². The zero-order chi connectivity index (χ0) is 31.1. The number of rotatable bonds is 10. The third-order valence-electron chi connectivity index (χ3n) is 6.36. The fourth-order valence-corrected chi connectivity index (χ4v) is 5.05. The zero-order valence-electron chi connectivity index (χ0n) is 23.3. The first kappa shape index (κ1) is 29.9. The van der Waals surface area contributed by atoms with E-state index in [0.29, 0.717) is 34.0 Å². The highest BCUT2D eigenvalue weighted by Crippen LogP contribution is 2.34. The third-order valence-corrected chi connectivity index (χ3v) is 7.45. The molecule has 0 radical (unpaired) electrons. The van der Waals surface area contributed by atoms with E-state index in [1.54, 1.807) is 73.7 Å². The highest BCUT2D eigenvalue weighted by molar-refractivity contribution is 8.00. The molecule has 12 heteroatoms. The number of nitro groups is 1. The molecule has 1 aliphatic heterocycles. The summed E-state index contributed by atoms with van der Waals surface area (Å²) in [5.41, 5.74) is 1.67. The third kappa shape index (κ3) is 7.61. The van der Waals surface area contributed by atoms with E-state index in [1.807, 2.05) is 6.07 Å². The van der Waals surface area contributed by atoms with E-state index >= 15 is 0 Å². The monoisotopic (exact) mass is 610 g/mol. The predicted molar refractivity (Wildman–Crippen MR) is 167 cm³/mol. The molecule has 0 saturated heterocycles. The molecule has 0 aliphatic carbocycles. The second kappa shape index (κ2) is 13.6. The van der Waals surface area contributed by atoms with Crippen LogP contribution in [0, 0.1) is 10.1 Å². The Morgan fingerprint density at radius 1 is 0.864 bits per heavy atom. The van der Waals surface area contributed by atoms with Gasteiger partial charge in [0.1, 0.15) is 5.70 Å². The van der Waals surface area contributed by atoms with Gasteiger partial charge < -0.3 is 25.4 Å². The summed E-state index contributed by atoms with van der Waals surface area (Å²) in [6.45, 7) is 1.90. The zero-order valence-corrected chi connectivity index (χ0v) is 24.1. The first-order valence-corrected chi connectivity index (χ1v) is 14.2. The lowest BCUT2D eigenvalue weighted by Gasteiger charge is -2.14. The smallest absolute Gasteiger partial charge is 0.272 e. The van der Waals surface area contributed by atoms with Gasteiger partial charge in [-0.15, -0.1) is 11.8 Å². The summed E-state index contributed by atoms with van der Waals surface area (Å²) in [4.78, 5) is 50.4. The molecule has 1 atom stereocenters. The lowest BCUT2D eigenvalue weighted by Crippen LogP contribution is -2.30. The molecule has 4 aromatic carbocycles. The van der Waals surface area contributed by atoms with Crippen molar-refractivity contribution in [3.8, 4) is 11.5 Å². The van der Waals surface area contributed by atoms with Gasteiger partial charge in [-0.3, -0.25) is 24.5 Å². The number of anilines is 2. The number of hydrogen-bond donors (Lipinski definition) is 3. The number of benzene rings is 4. The van der Waals surface area contributed by atoms with E-state index in [2.05, 4.69) is 16.0 Å². The summed E-state index contributed by atoms with van der Waals surface area (Å²) in [6.07, 6.45) is 1.43. The number of ether oxygens (including phenoxy) is 2. The van der Waals surface area contributed by atoms with Crippen LogP contribution < -0.4 is 25.4 Å². The van der Waals surface area contributed by atoms with Gasteiger partial charge in [-0.1, -0.05) is 24.3 Å². The molecular weight excluding hydrogens is 584 g/mol. The second-order valence-corrected chi connectivity index (χ2v) is 10.9. The maximum Gasteiger partial charge on any atom is 0.272 e. The average Bonchev–Trinajstić information content (AvgIpc) is 3.49. The molecule has 0 fully saturated rings. The number of hydrogen-bond acceptors (Lipinski definition) is 8. The highest BCUT2D eigenvalue weighted by Gasteiger charge is 2.19. The summed E-state index contributed by atoms with van der Waals surface area (Å²) in [6, 6.07) is 26.1. The standard InChI is InChI=1S/C32H26N4O7S/c1-20(30(37)33-24-12-15-28-29(18-24)43-19-42-28)44-26-9-5-8-23(17-26)34-32(39)27(35-31(38)22-6-3-2-4-7-22)16-21-10-13-25(14-11-21)36(40)41/h2-18,20H,19H2,1H3,(H,33,37)(H,34,39)(H,35,38)/b27-16+. The summed E-state index contributed by atoms with van der Waals surface area (Å²) in [7, 11) is 0. The normalized spacial score (nSPS) is 12.6. The molecule has 3 N–H and O–H groups in total. The number of amides is 3. The van der Waals surface area contributed by atoms with E-state index < -0.39 is 22.0 Å². The summed E-state index contributed by atoms with van der Waals surface area (Å²) >= 11 is 1.30. The predicted octanol–water partition coefficient (Wildman–Crippen LogP) is 5.85. The Morgan fingerprint density at radius 2 is 1.59 bits per heavy atom. The Morgan fingerprint density at radius 3 is 2.34 bits per heavy atom. The summed E-state index contributed by atoms with van der Waals surface area (Å²) in [5.74, 6) is -0.146. The Hall–Kier alpha value is -5.62. The van der Waals surface area contributed by atoms with Gasteiger partial charge >= 0.3 is 0 Å². The number of fused-ring (bicyclic) bond motifs is 1. The molecule has 0 spiro atoms. The van der Waals surface area contributed by atoms with Crippen molar-refractivity contribution < 1.29 is 28.8 Å². The molecule has 4 aromatic rings. The van der Waals surface area contributed by atoms with Crippen LogP contribution in [0.3, 0.4) is 0 Å². The molecule has 0 aromatic heterocycles. The Labute approximate surface area is 256 Å². The summed E-state index contributed by atoms with van der Waals surface area (Å²) < 4.78 is 10.7. The van der Waals surface area contributed by atoms with E-state index in [4.69, 9.17) is 9.47 Å². The highest BCUT2D eigenvalue weighted by atomic mass is 32.2. The van der Waals surface area contributed by atoms with Crippen LogP contribution in [-0.4, -0.2) is 34.7 Å². The fourth-order valence-electron chi connectivity index (χ4n) is 4.12. The van der Waals surface area contributed by atoms with Crippen LogP contribution in [0.4, 0.5) is 17.1 Å². The van der Waals surface area contributed by atoms with Gasteiger partial charge in [0.25, 0.3) is 17.5 Å². The number of carbonyl (C=O) groups excluding carboxylic acids is 3. The Balaban J connectivity index is 1.28. The number of thioether (sulfide) groups is 1. The number of carbonyl (C=O) groups is 3. The second-order valence-electron chi connectivity index (χ2n) is 9.53. The van der Waals surface area contributed by atoms with E-state index in [9.17, 15) is 24.5 Å². The summed E-state index contributed by atoms with van der Waals surface area (Å²) in [5, 5.41) is 18.9. The van der Waals surface area contributed by atoms with Crippen molar-refractivity contribution in [3.05, 3.63) is 124 Å². The van der Waals surface area contributed by atoms with Gasteiger partial charge in [0.05, 0.1) is 10.2 Å². The molecule has 44 heavy (non-hydrogen) atoms. The molecule has 1 unspecified atom stereocenters. The average molecular weight is 611 g/mol. The van der Waals surface area contributed by atoms with Crippen LogP contribution in [0.5, 0.6) is 11.5 Å². The number of nitrogens with zero attached hydrogens (tertiary/aromatic N) is 1. The van der Waals surface area contributed by atoms with Crippen molar-refractivity contribution in [1.82, 2.24) is 5.32 Å². The van der Waals surface area contributed by atoms with Crippen LogP contribution in [0.25, 0.3) is 6.08 Å². The lowest BCUT2D eigenvalue weighted by molar-refractivity contribution is -0.384. The maximum atomic E-state index is 13.4. The van der Waals surface area contributed by atoms with Crippen LogP contribution in [-0.2, 0) is 9.59 Å². The van der Waals surface area contributed by atoms with Gasteiger partial charge in [-0.2, -0.15) is 0 Å². The molecular formula is C32H26N4O7S. The van der Waals surface area contributed by atoms with Gasteiger partial charge in [0.2, 0.25) is 12.7 Å². The molecule has 5 rings (SSSR count). The SMILES string of the molecule is CC(Sc1cccc(NC(=O)/C(=C\c2ccc([N+](=O)[O-])cc2)NC(=O)c2ccccc2)c1)C(=O)Nc1ccc2c(c1)OCO2. The van der Waals surface area contributed by atoms with Crippen molar-refractivity contribution >= 4 is 52.6 Å². The molecule has 1 heterocycles. The molecule has 0 bridgehead atoms. The lowest BCUT2D eigenvalue weighted by atomic mass is 10.1. The first-order chi connectivity index (χ1) is 21.2. The van der Waals surface area contributed by atoms with Crippen molar-refractivity contribution in [1.29, 1.82) is 0 Å². The van der Waals surface area contributed by atoms with Crippen molar-refractivity contribution in [3.63, 3.8) is 0 Å². The van der Waals surface area contributed by atoms with Crippen LogP contribution in [0.1, 0.15) is 22.8 Å². The van der Waals surface area contributed by atoms with Gasteiger partial charge in [0, 0.05) is 40.0 Å². The Kier molecular flexibility index (Phi) is 9.21. The number of nitrogens with one attached hydrogen (secondary N) is 3. The van der Waals surface area contributed by atoms with E-state index in [-0.39, 0.29) is 24.1 Å². The maximum absolute atomic E-state index is 13.4. The van der Waals surface area contributed by atoms with Gasteiger partial charge in [-0.25, -0.2) is 0 Å². The van der Waals surface area contributed by atoms with E-state index in [1.165, 1.54) is 42.1 Å². The molecule has 11 nitrogen and oxygen atoms in total. The van der Waals surface area contributed by atoms with Crippen LogP contribution in [0.15, 0.2) is 108 Å². The van der Waals surface area contributed by atoms with Crippen LogP contribution >= 0.6 is 11.8 Å². The first-order valence-electron chi connectivity index (χ1n) is 13.4. The molecule has 222 valence electrons. The minimum Gasteiger partial charge on any atom is -0.454 e. The number of non-ortho nitro benzene ring substituents is 1. The largest absolute Gasteiger partial charge is 0.454 e. The topological polar surface area (TPSA) is 149 Å². The quantitative estimate of drug-likeness (QED) is 0.0876. The van der Waals surface area contributed by atoms with Gasteiger partial charge in [-0.05, 0) is 73.2 Å².